The summed E-state index contributed by atoms with van der Waals surface area (Å²) >= 11 is 0. The Hall–Kier alpha value is -3.07. The Bertz CT molecular complexity index is 1270. The Morgan fingerprint density at radius 1 is 0.571 bits per heavy atom. The van der Waals surface area contributed by atoms with Crippen LogP contribution in [-0.2, 0) is 32.7 Å². The largest absolute Gasteiger partial charge is 0.756 e. The molecule has 0 aliphatic rings. The lowest BCUT2D eigenvalue weighted by molar-refractivity contribution is -0.870. The van der Waals surface area contributed by atoms with Gasteiger partial charge in [-0.2, -0.15) is 0 Å². The molecule has 318 valence electrons. The molecule has 0 aromatic carbocycles. The fraction of sp³-hybridized carbons (Fsp3) is 0.609. The van der Waals surface area contributed by atoms with E-state index < -0.39 is 32.5 Å². The second-order valence-corrected chi connectivity index (χ2v) is 16.0. The van der Waals surface area contributed by atoms with Crippen LogP contribution in [0.25, 0.3) is 0 Å². The molecule has 0 aromatic rings. The summed E-state index contributed by atoms with van der Waals surface area (Å²) in [5.74, 6) is -1.02. The first kappa shape index (κ1) is 52.9. The maximum absolute atomic E-state index is 12.6. The first-order chi connectivity index (χ1) is 27.0. The molecule has 0 radical (unpaired) electrons. The third-order valence-electron chi connectivity index (χ3n) is 8.12. The van der Waals surface area contributed by atoms with Crippen molar-refractivity contribution < 1.29 is 42.1 Å². The Kier molecular flexibility index (Phi) is 35.4. The molecular formula is C46H76NO8P. The zero-order chi connectivity index (χ0) is 41.4. The predicted octanol–water partition coefficient (Wildman–Crippen LogP) is 11.2. The lowest BCUT2D eigenvalue weighted by atomic mass is 10.1. The van der Waals surface area contributed by atoms with Gasteiger partial charge in [-0.05, 0) is 70.6 Å². The van der Waals surface area contributed by atoms with Crippen molar-refractivity contribution in [2.75, 3.05) is 47.5 Å². The van der Waals surface area contributed by atoms with Crippen molar-refractivity contribution >= 4 is 19.8 Å². The van der Waals surface area contributed by atoms with Crippen molar-refractivity contribution in [1.29, 1.82) is 0 Å². The second kappa shape index (κ2) is 37.5. The van der Waals surface area contributed by atoms with Crippen LogP contribution in [0.5, 0.6) is 0 Å². The minimum Gasteiger partial charge on any atom is -0.756 e. The van der Waals surface area contributed by atoms with Crippen LogP contribution in [0.1, 0.15) is 129 Å². The number of ether oxygens (including phenoxy) is 2. The van der Waals surface area contributed by atoms with Crippen LogP contribution in [0.4, 0.5) is 0 Å². The van der Waals surface area contributed by atoms with Crippen molar-refractivity contribution in [2.45, 2.75) is 136 Å². The molecule has 2 unspecified atom stereocenters. The molecule has 0 amide bonds. The maximum atomic E-state index is 12.6. The Balaban J connectivity index is 4.59. The average molecular weight is 802 g/mol. The molecule has 10 heteroatoms. The predicted molar refractivity (Wildman–Crippen MR) is 231 cm³/mol. The molecule has 56 heavy (non-hydrogen) atoms. The minimum absolute atomic E-state index is 0.0567. The lowest BCUT2D eigenvalue weighted by Gasteiger charge is -2.28. The summed E-state index contributed by atoms with van der Waals surface area (Å²) in [4.78, 5) is 37.4. The van der Waals surface area contributed by atoms with Gasteiger partial charge >= 0.3 is 11.9 Å². The first-order valence-electron chi connectivity index (χ1n) is 20.9. The molecule has 0 aliphatic heterocycles. The Morgan fingerprint density at radius 3 is 1.52 bits per heavy atom. The number of carbonyl (C=O) groups is 2. The third-order valence-corrected chi connectivity index (χ3v) is 9.08. The number of likely N-dealkylation sites (N-methyl/N-ethyl adjacent to an activating group) is 1. The standard InChI is InChI=1S/C46H76NO8P/c1-6-8-10-12-14-16-18-20-21-22-23-24-25-27-28-30-32-34-36-38-45(48)52-42-44(43-54-56(50,51)53-41-40-47(3,4)5)55-46(49)39-37-35-33-31-29-26-19-17-15-13-11-9-7-2/h8,10,14,16,20-21,23-24,26-29,32-35,44H,6-7,9,11-13,15,17-19,22,25,30-31,36-43H2,1-5H3/b10-8+,16-14+,21-20+,24-23+,28-27+,29-26+,34-32+,35-33+. The van der Waals surface area contributed by atoms with Crippen LogP contribution in [0, 0.1) is 0 Å². The van der Waals surface area contributed by atoms with E-state index in [2.05, 4.69) is 86.8 Å². The normalized spacial score (nSPS) is 14.6. The van der Waals surface area contributed by atoms with Crippen LogP contribution in [0.2, 0.25) is 0 Å². The van der Waals surface area contributed by atoms with E-state index in [-0.39, 0.29) is 26.1 Å². The van der Waals surface area contributed by atoms with E-state index in [1.807, 2.05) is 45.4 Å². The highest BCUT2D eigenvalue weighted by molar-refractivity contribution is 7.45. The van der Waals surface area contributed by atoms with E-state index in [4.69, 9.17) is 18.5 Å². The highest BCUT2D eigenvalue weighted by Crippen LogP contribution is 2.38. The summed E-state index contributed by atoms with van der Waals surface area (Å²) in [7, 11) is 1.08. The number of hydrogen-bond acceptors (Lipinski definition) is 8. The second-order valence-electron chi connectivity index (χ2n) is 14.6. The van der Waals surface area contributed by atoms with Crippen molar-refractivity contribution in [3.8, 4) is 0 Å². The van der Waals surface area contributed by atoms with Crippen LogP contribution >= 0.6 is 7.82 Å². The fourth-order valence-electron chi connectivity index (χ4n) is 4.85. The average Bonchev–Trinajstić information content (AvgIpc) is 3.15. The number of esters is 2. The summed E-state index contributed by atoms with van der Waals surface area (Å²) < 4.78 is 33.6. The molecule has 0 heterocycles. The van der Waals surface area contributed by atoms with Gasteiger partial charge in [0.25, 0.3) is 7.82 Å². The summed E-state index contributed by atoms with van der Waals surface area (Å²) in [6.07, 6.45) is 49.0. The van der Waals surface area contributed by atoms with Crippen molar-refractivity contribution in [1.82, 2.24) is 0 Å². The van der Waals surface area contributed by atoms with Gasteiger partial charge in [0.1, 0.15) is 19.8 Å². The third kappa shape index (κ3) is 40.6. The highest BCUT2D eigenvalue weighted by Gasteiger charge is 2.21. The molecule has 0 aliphatic carbocycles. The summed E-state index contributed by atoms with van der Waals surface area (Å²) in [6, 6.07) is 0. The topological polar surface area (TPSA) is 111 Å². The summed E-state index contributed by atoms with van der Waals surface area (Å²) in [5, 5.41) is 0. The molecule has 0 bridgehead atoms. The molecule has 0 N–H and O–H groups in total. The molecular weight excluding hydrogens is 725 g/mol. The molecule has 0 rings (SSSR count). The Labute approximate surface area is 341 Å². The molecule has 0 saturated carbocycles. The van der Waals surface area contributed by atoms with Gasteiger partial charge in [-0.15, -0.1) is 0 Å². The number of hydrogen-bond donors (Lipinski definition) is 0. The van der Waals surface area contributed by atoms with Gasteiger partial charge in [0.05, 0.1) is 27.7 Å². The van der Waals surface area contributed by atoms with E-state index in [9.17, 15) is 19.0 Å². The number of unbranched alkanes of at least 4 members (excludes halogenated alkanes) is 6. The number of quaternary nitrogens is 1. The molecule has 0 spiro atoms. The van der Waals surface area contributed by atoms with Gasteiger partial charge in [-0.25, -0.2) is 0 Å². The minimum atomic E-state index is -4.66. The van der Waals surface area contributed by atoms with Gasteiger partial charge < -0.3 is 27.9 Å². The number of carbonyl (C=O) groups excluding carboxylic acids is 2. The number of phosphoric ester groups is 1. The highest BCUT2D eigenvalue weighted by atomic mass is 31.2. The van der Waals surface area contributed by atoms with Crippen molar-refractivity contribution in [2.24, 2.45) is 0 Å². The molecule has 2 atom stereocenters. The molecule has 0 aromatic heterocycles. The van der Waals surface area contributed by atoms with Crippen LogP contribution in [0.15, 0.2) is 97.2 Å². The van der Waals surface area contributed by atoms with Crippen molar-refractivity contribution in [3.63, 3.8) is 0 Å². The number of nitrogens with zero attached hydrogens (tertiary/aromatic N) is 1. The van der Waals surface area contributed by atoms with Crippen LogP contribution in [0.3, 0.4) is 0 Å². The van der Waals surface area contributed by atoms with Gasteiger partial charge in [-0.1, -0.05) is 143 Å². The number of rotatable bonds is 36. The van der Waals surface area contributed by atoms with E-state index in [1.165, 1.54) is 38.5 Å². The zero-order valence-corrected chi connectivity index (χ0v) is 36.4. The van der Waals surface area contributed by atoms with Crippen LogP contribution in [-0.4, -0.2) is 70.0 Å². The SMILES string of the molecule is CC/C=C/C/C=C/C/C=C/C/C=C/C/C=C/C/C=C/CCC(=O)OCC(COP(=O)([O-])OCC[N+](C)(C)C)OC(=O)CC/C=C/C/C=C/CCCCCCCC. The fourth-order valence-corrected chi connectivity index (χ4v) is 5.58. The van der Waals surface area contributed by atoms with E-state index in [0.717, 1.165) is 51.4 Å². The van der Waals surface area contributed by atoms with Gasteiger partial charge in [-0.3, -0.25) is 14.2 Å². The zero-order valence-electron chi connectivity index (χ0n) is 35.5. The van der Waals surface area contributed by atoms with Crippen molar-refractivity contribution in [3.05, 3.63) is 97.2 Å². The van der Waals surface area contributed by atoms with E-state index in [0.29, 0.717) is 23.9 Å². The quantitative estimate of drug-likeness (QED) is 0.0202. The Morgan fingerprint density at radius 2 is 1.02 bits per heavy atom. The van der Waals surface area contributed by atoms with Gasteiger partial charge in [0.15, 0.2) is 6.10 Å². The van der Waals surface area contributed by atoms with Crippen LogP contribution < -0.4 is 4.89 Å². The van der Waals surface area contributed by atoms with Gasteiger partial charge in [0, 0.05) is 12.8 Å². The number of allylic oxidation sites excluding steroid dienone is 16. The summed E-state index contributed by atoms with van der Waals surface area (Å²) in [5.41, 5.74) is 0. The van der Waals surface area contributed by atoms with E-state index >= 15 is 0 Å². The first-order valence-corrected chi connectivity index (χ1v) is 22.4. The monoisotopic (exact) mass is 802 g/mol. The molecule has 0 saturated heterocycles. The molecule has 0 fully saturated rings. The smallest absolute Gasteiger partial charge is 0.306 e. The van der Waals surface area contributed by atoms with Gasteiger partial charge in [0.2, 0.25) is 0 Å². The van der Waals surface area contributed by atoms with E-state index in [1.54, 1.807) is 0 Å². The molecule has 9 nitrogen and oxygen atoms in total. The summed E-state index contributed by atoms with van der Waals surface area (Å²) in [6.45, 7) is 3.91. The maximum Gasteiger partial charge on any atom is 0.306 e. The lowest BCUT2D eigenvalue weighted by Crippen LogP contribution is -2.37. The number of phosphoric acid groups is 1.